The van der Waals surface area contributed by atoms with Gasteiger partial charge >= 0.3 is 0 Å². The zero-order valence-electron chi connectivity index (χ0n) is 13.2. The normalized spacial score (nSPS) is 24.2. The number of hydrogen-bond acceptors (Lipinski definition) is 5. The molecule has 2 fully saturated rings. The Hall–Kier alpha value is -2.08. The van der Waals surface area contributed by atoms with Gasteiger partial charge in [0.2, 0.25) is 5.91 Å². The number of β-amino-alcohol motifs (C(OH)–C–C–N with tert-alkyl or cyclic N) is 1. The molecule has 1 amide bonds. The molecule has 2 saturated heterocycles. The molecule has 1 aromatic heterocycles. The minimum atomic E-state index is -0.438. The molecule has 6 heteroatoms. The van der Waals surface area contributed by atoms with Gasteiger partial charge in [0.1, 0.15) is 5.52 Å². The van der Waals surface area contributed by atoms with Gasteiger partial charge in [0.15, 0.2) is 5.58 Å². The Labute approximate surface area is 134 Å². The first-order valence-corrected chi connectivity index (χ1v) is 8.14. The smallest absolute Gasteiger partial charge is 0.298 e. The van der Waals surface area contributed by atoms with Crippen LogP contribution in [0.15, 0.2) is 22.6 Å². The van der Waals surface area contributed by atoms with Crippen LogP contribution < -0.4 is 10.2 Å². The number of nitrogens with zero attached hydrogens (tertiary/aromatic N) is 2. The van der Waals surface area contributed by atoms with Crippen LogP contribution in [0.25, 0.3) is 11.1 Å². The molecule has 1 atom stereocenters. The highest BCUT2D eigenvalue weighted by molar-refractivity contribution is 5.84. The van der Waals surface area contributed by atoms with Crippen LogP contribution in [0.2, 0.25) is 0 Å². The zero-order chi connectivity index (χ0) is 16.0. The van der Waals surface area contributed by atoms with E-state index in [2.05, 4.69) is 15.2 Å². The lowest BCUT2D eigenvalue weighted by Crippen LogP contribution is -2.56. The van der Waals surface area contributed by atoms with E-state index in [0.29, 0.717) is 44.9 Å². The van der Waals surface area contributed by atoms with Crippen molar-refractivity contribution in [2.24, 2.45) is 5.41 Å². The number of aryl methyl sites for hydroxylation is 1. The Balaban J connectivity index is 1.53. The van der Waals surface area contributed by atoms with Crippen molar-refractivity contribution in [1.82, 2.24) is 10.3 Å². The monoisotopic (exact) mass is 315 g/mol. The van der Waals surface area contributed by atoms with Crippen LogP contribution in [-0.4, -0.2) is 41.7 Å². The molecule has 23 heavy (non-hydrogen) atoms. The van der Waals surface area contributed by atoms with Crippen LogP contribution in [0.3, 0.4) is 0 Å². The summed E-state index contributed by atoms with van der Waals surface area (Å²) in [7, 11) is 0. The third-order valence-corrected chi connectivity index (χ3v) is 5.13. The van der Waals surface area contributed by atoms with Crippen LogP contribution >= 0.6 is 0 Å². The Kier molecular flexibility index (Phi) is 3.30. The lowest BCUT2D eigenvalue weighted by Gasteiger charge is -2.43. The number of benzene rings is 1. The molecule has 1 unspecified atom stereocenters. The highest BCUT2D eigenvalue weighted by Gasteiger charge is 2.45. The summed E-state index contributed by atoms with van der Waals surface area (Å²) in [4.78, 5) is 18.9. The summed E-state index contributed by atoms with van der Waals surface area (Å²) in [6.07, 6.45) is 1.55. The second kappa shape index (κ2) is 5.23. The number of amides is 1. The van der Waals surface area contributed by atoms with E-state index in [-0.39, 0.29) is 5.91 Å². The molecule has 122 valence electrons. The highest BCUT2D eigenvalue weighted by Crippen LogP contribution is 2.39. The third kappa shape index (κ3) is 2.47. The van der Waals surface area contributed by atoms with E-state index in [4.69, 9.17) is 4.42 Å². The lowest BCUT2D eigenvalue weighted by atomic mass is 9.71. The first-order valence-electron chi connectivity index (χ1n) is 8.14. The summed E-state index contributed by atoms with van der Waals surface area (Å²) in [5.74, 6) is 0.0793. The van der Waals surface area contributed by atoms with E-state index >= 15 is 0 Å². The second-order valence-corrected chi connectivity index (χ2v) is 6.80. The molecule has 2 N–H and O–H groups in total. The number of piperidine rings is 2. The first kappa shape index (κ1) is 14.5. The van der Waals surface area contributed by atoms with Crippen molar-refractivity contribution in [1.29, 1.82) is 0 Å². The summed E-state index contributed by atoms with van der Waals surface area (Å²) >= 11 is 0. The topological polar surface area (TPSA) is 78.6 Å². The number of oxazole rings is 1. The maximum absolute atomic E-state index is 12.3. The fourth-order valence-electron chi connectivity index (χ4n) is 3.73. The van der Waals surface area contributed by atoms with Gasteiger partial charge in [-0.15, -0.1) is 0 Å². The molecule has 1 aromatic carbocycles. The number of fused-ring (bicyclic) bond motifs is 1. The van der Waals surface area contributed by atoms with Crippen molar-refractivity contribution >= 4 is 23.0 Å². The highest BCUT2D eigenvalue weighted by atomic mass is 16.4. The second-order valence-electron chi connectivity index (χ2n) is 6.80. The van der Waals surface area contributed by atoms with Crippen molar-refractivity contribution in [2.45, 2.75) is 32.3 Å². The summed E-state index contributed by atoms with van der Waals surface area (Å²) < 4.78 is 5.85. The van der Waals surface area contributed by atoms with Gasteiger partial charge in [-0.2, -0.15) is 4.98 Å². The number of carbonyl (C=O) groups is 1. The van der Waals surface area contributed by atoms with E-state index in [1.54, 1.807) is 0 Å². The summed E-state index contributed by atoms with van der Waals surface area (Å²) in [6, 6.07) is 6.59. The minimum Gasteiger partial charge on any atom is -0.423 e. The molecule has 3 heterocycles. The molecule has 0 aliphatic carbocycles. The Morgan fingerprint density at radius 1 is 1.39 bits per heavy atom. The Bertz CT molecular complexity index is 747. The van der Waals surface area contributed by atoms with Gasteiger partial charge in [0.05, 0.1) is 11.5 Å². The Morgan fingerprint density at radius 2 is 2.17 bits per heavy atom. The molecule has 2 aliphatic heterocycles. The number of aliphatic hydroxyl groups is 1. The van der Waals surface area contributed by atoms with Crippen molar-refractivity contribution in [3.05, 3.63) is 23.8 Å². The fraction of sp³-hybridized carbons (Fsp3) is 0.529. The van der Waals surface area contributed by atoms with E-state index in [1.165, 1.54) is 0 Å². The molecule has 4 rings (SSSR count). The van der Waals surface area contributed by atoms with Crippen LogP contribution in [0, 0.1) is 12.3 Å². The summed E-state index contributed by atoms with van der Waals surface area (Å²) in [5.41, 5.74) is 2.38. The lowest BCUT2D eigenvalue weighted by molar-refractivity contribution is -0.138. The molecule has 2 aromatic rings. The standard InChI is InChI=1S/C17H21N3O3/c1-11-2-3-14-13(8-11)19-16(23-14)20-6-4-17(5-7-20)9-12(21)10-18-15(17)22/h2-3,8,12,21H,4-7,9-10H2,1H3,(H,18,22). The Morgan fingerprint density at radius 3 is 2.96 bits per heavy atom. The van der Waals surface area contributed by atoms with Crippen molar-refractivity contribution in [3.8, 4) is 0 Å². The average molecular weight is 315 g/mol. The van der Waals surface area contributed by atoms with Gasteiger partial charge in [-0.25, -0.2) is 0 Å². The largest absolute Gasteiger partial charge is 0.423 e. The quantitative estimate of drug-likeness (QED) is 0.836. The number of aromatic nitrogens is 1. The van der Waals surface area contributed by atoms with E-state index in [0.717, 1.165) is 16.7 Å². The number of rotatable bonds is 1. The van der Waals surface area contributed by atoms with Crippen molar-refractivity contribution < 1.29 is 14.3 Å². The van der Waals surface area contributed by atoms with Crippen LogP contribution in [0.5, 0.6) is 0 Å². The molecular weight excluding hydrogens is 294 g/mol. The molecule has 1 spiro atoms. The van der Waals surface area contributed by atoms with Crippen LogP contribution in [0.4, 0.5) is 6.01 Å². The SMILES string of the molecule is Cc1ccc2oc(N3CCC4(CC3)CC(O)CNC4=O)nc2c1. The maximum Gasteiger partial charge on any atom is 0.298 e. The number of aliphatic hydroxyl groups excluding tert-OH is 1. The van der Waals surface area contributed by atoms with Crippen molar-refractivity contribution in [3.63, 3.8) is 0 Å². The number of anilines is 1. The van der Waals surface area contributed by atoms with Gasteiger partial charge in [0, 0.05) is 19.6 Å². The van der Waals surface area contributed by atoms with Crippen molar-refractivity contribution in [2.75, 3.05) is 24.5 Å². The molecule has 2 aliphatic rings. The van der Waals surface area contributed by atoms with Gasteiger partial charge in [0.25, 0.3) is 6.01 Å². The number of hydrogen-bond donors (Lipinski definition) is 2. The zero-order valence-corrected chi connectivity index (χ0v) is 13.2. The molecule has 0 saturated carbocycles. The molecule has 0 radical (unpaired) electrons. The molecule has 6 nitrogen and oxygen atoms in total. The van der Waals surface area contributed by atoms with Gasteiger partial charge in [-0.1, -0.05) is 6.07 Å². The minimum absolute atomic E-state index is 0.0793. The first-order chi connectivity index (χ1) is 11.1. The van der Waals surface area contributed by atoms with Crippen LogP contribution in [0.1, 0.15) is 24.8 Å². The predicted octanol–water partition coefficient (Wildman–Crippen LogP) is 1.60. The van der Waals surface area contributed by atoms with Crippen LogP contribution in [-0.2, 0) is 4.79 Å². The third-order valence-electron chi connectivity index (χ3n) is 5.13. The average Bonchev–Trinajstić information content (AvgIpc) is 2.95. The fourth-order valence-corrected chi connectivity index (χ4v) is 3.73. The van der Waals surface area contributed by atoms with Gasteiger partial charge < -0.3 is 19.7 Å². The summed E-state index contributed by atoms with van der Waals surface area (Å²) in [5, 5.41) is 12.7. The molecule has 0 bridgehead atoms. The van der Waals surface area contributed by atoms with E-state index in [1.807, 2.05) is 25.1 Å². The van der Waals surface area contributed by atoms with E-state index < -0.39 is 11.5 Å². The summed E-state index contributed by atoms with van der Waals surface area (Å²) in [6.45, 7) is 3.83. The van der Waals surface area contributed by atoms with E-state index in [9.17, 15) is 9.90 Å². The number of carbonyl (C=O) groups excluding carboxylic acids is 1. The predicted molar refractivity (Wildman–Crippen MR) is 86.3 cm³/mol. The number of nitrogens with one attached hydrogen (secondary N) is 1. The maximum atomic E-state index is 12.3. The molecular formula is C17H21N3O3. The van der Waals surface area contributed by atoms with Gasteiger partial charge in [-0.05, 0) is 43.9 Å². The van der Waals surface area contributed by atoms with Gasteiger partial charge in [-0.3, -0.25) is 4.79 Å².